The Bertz CT molecular complexity index is 156. The number of thioether (sulfide) groups is 1. The van der Waals surface area contributed by atoms with Gasteiger partial charge < -0.3 is 5.32 Å². The lowest BCUT2D eigenvalue weighted by atomic mass is 10.1. The first kappa shape index (κ1) is 14.1. The van der Waals surface area contributed by atoms with Gasteiger partial charge in [0.2, 0.25) is 0 Å². The van der Waals surface area contributed by atoms with Crippen LogP contribution in [0.2, 0.25) is 0 Å². The van der Waals surface area contributed by atoms with E-state index in [-0.39, 0.29) is 0 Å². The zero-order valence-electron chi connectivity index (χ0n) is 10.1. The molecule has 0 heterocycles. The molecule has 0 spiro atoms. The summed E-state index contributed by atoms with van der Waals surface area (Å²) in [7, 11) is 0. The molecule has 0 amide bonds. The molecule has 0 rings (SSSR count). The predicted octanol–water partition coefficient (Wildman–Crippen LogP) is 3.46. The number of hydrogen-bond donors (Lipinski definition) is 1. The van der Waals surface area contributed by atoms with Crippen LogP contribution in [0.15, 0.2) is 12.2 Å². The first-order chi connectivity index (χ1) is 6.60. The zero-order valence-corrected chi connectivity index (χ0v) is 10.9. The summed E-state index contributed by atoms with van der Waals surface area (Å²) in [6.45, 7) is 13.9. The number of hydrogen-bond acceptors (Lipinski definition) is 2. The first-order valence-electron chi connectivity index (χ1n) is 5.59. The summed E-state index contributed by atoms with van der Waals surface area (Å²) < 4.78 is 0. The van der Waals surface area contributed by atoms with Gasteiger partial charge in [0.05, 0.1) is 0 Å². The molecule has 0 aromatic rings. The average molecular weight is 215 g/mol. The monoisotopic (exact) mass is 215 g/mol. The molecule has 1 nitrogen and oxygen atoms in total. The number of nitrogens with one attached hydrogen (secondary N) is 1. The van der Waals surface area contributed by atoms with Gasteiger partial charge in [0.15, 0.2) is 0 Å². The Morgan fingerprint density at radius 2 is 2.07 bits per heavy atom. The molecule has 2 unspecified atom stereocenters. The summed E-state index contributed by atoms with van der Waals surface area (Å²) >= 11 is 2.06. The maximum Gasteiger partial charge on any atom is 0.0195 e. The molecule has 1 N–H and O–H groups in total. The van der Waals surface area contributed by atoms with Crippen LogP contribution in [-0.4, -0.2) is 23.6 Å². The van der Waals surface area contributed by atoms with Crippen molar-refractivity contribution in [1.82, 2.24) is 5.32 Å². The van der Waals surface area contributed by atoms with E-state index in [2.05, 4.69) is 51.4 Å². The van der Waals surface area contributed by atoms with Crippen molar-refractivity contribution in [2.45, 2.75) is 51.8 Å². The van der Waals surface area contributed by atoms with Gasteiger partial charge in [-0.3, -0.25) is 0 Å². The first-order valence-corrected chi connectivity index (χ1v) is 6.64. The SMILES string of the molecule is C=C(C)CC(CSC(C)CC)NCC. The second kappa shape index (κ2) is 8.37. The Morgan fingerprint density at radius 3 is 2.50 bits per heavy atom. The highest BCUT2D eigenvalue weighted by Gasteiger charge is 2.09. The third-order valence-electron chi connectivity index (χ3n) is 2.24. The highest BCUT2D eigenvalue weighted by Crippen LogP contribution is 2.17. The Hall–Kier alpha value is 0.0500. The van der Waals surface area contributed by atoms with E-state index < -0.39 is 0 Å². The normalized spacial score (nSPS) is 15.1. The van der Waals surface area contributed by atoms with Crippen molar-refractivity contribution in [3.05, 3.63) is 12.2 Å². The maximum atomic E-state index is 3.98. The van der Waals surface area contributed by atoms with Gasteiger partial charge in [0, 0.05) is 17.0 Å². The van der Waals surface area contributed by atoms with E-state index in [1.165, 1.54) is 17.7 Å². The molecule has 0 bridgehead atoms. The Balaban J connectivity index is 3.77. The van der Waals surface area contributed by atoms with Crippen LogP contribution in [0.25, 0.3) is 0 Å². The largest absolute Gasteiger partial charge is 0.313 e. The van der Waals surface area contributed by atoms with E-state index in [1.807, 2.05) is 0 Å². The quantitative estimate of drug-likeness (QED) is 0.622. The topological polar surface area (TPSA) is 12.0 Å². The van der Waals surface area contributed by atoms with Gasteiger partial charge in [0.1, 0.15) is 0 Å². The Kier molecular flexibility index (Phi) is 8.40. The number of rotatable bonds is 8. The third-order valence-corrected chi connectivity index (χ3v) is 3.74. The average Bonchev–Trinajstić information content (AvgIpc) is 2.13. The molecule has 0 aliphatic heterocycles. The fraction of sp³-hybridized carbons (Fsp3) is 0.833. The standard InChI is InChI=1S/C12H25NS/c1-6-11(5)14-9-12(13-7-2)8-10(3)4/h11-13H,3,6-9H2,1-2,4-5H3. The minimum absolute atomic E-state index is 0.608. The van der Waals surface area contributed by atoms with Crippen LogP contribution >= 0.6 is 11.8 Å². The molecule has 0 aliphatic rings. The van der Waals surface area contributed by atoms with Gasteiger partial charge in [-0.25, -0.2) is 0 Å². The lowest BCUT2D eigenvalue weighted by molar-refractivity contribution is 0.570. The van der Waals surface area contributed by atoms with Gasteiger partial charge in [-0.2, -0.15) is 11.8 Å². The van der Waals surface area contributed by atoms with E-state index in [0.29, 0.717) is 6.04 Å². The van der Waals surface area contributed by atoms with Gasteiger partial charge >= 0.3 is 0 Å². The van der Waals surface area contributed by atoms with E-state index in [4.69, 9.17) is 0 Å². The second-order valence-corrected chi connectivity index (χ2v) is 5.44. The summed E-state index contributed by atoms with van der Waals surface area (Å²) in [5.41, 5.74) is 1.28. The van der Waals surface area contributed by atoms with Crippen molar-refractivity contribution in [2.24, 2.45) is 0 Å². The van der Waals surface area contributed by atoms with Crippen LogP contribution in [0.3, 0.4) is 0 Å². The summed E-state index contributed by atoms with van der Waals surface area (Å²) in [4.78, 5) is 0. The highest BCUT2D eigenvalue weighted by atomic mass is 32.2. The van der Waals surface area contributed by atoms with Crippen LogP contribution in [-0.2, 0) is 0 Å². The van der Waals surface area contributed by atoms with E-state index in [0.717, 1.165) is 18.2 Å². The Labute approximate surface area is 93.7 Å². The van der Waals surface area contributed by atoms with Gasteiger partial charge in [-0.1, -0.05) is 26.3 Å². The lowest BCUT2D eigenvalue weighted by Crippen LogP contribution is -2.31. The summed E-state index contributed by atoms with van der Waals surface area (Å²) in [5.74, 6) is 1.20. The molecule has 14 heavy (non-hydrogen) atoms. The summed E-state index contributed by atoms with van der Waals surface area (Å²) in [6.07, 6.45) is 2.37. The predicted molar refractivity (Wildman–Crippen MR) is 69.1 cm³/mol. The fourth-order valence-electron chi connectivity index (χ4n) is 1.30. The van der Waals surface area contributed by atoms with Gasteiger partial charge in [-0.05, 0) is 26.3 Å². The second-order valence-electron chi connectivity index (χ2n) is 3.97. The van der Waals surface area contributed by atoms with Gasteiger partial charge in [0.25, 0.3) is 0 Å². The van der Waals surface area contributed by atoms with Crippen molar-refractivity contribution < 1.29 is 0 Å². The minimum atomic E-state index is 0.608. The van der Waals surface area contributed by atoms with Crippen LogP contribution in [0, 0.1) is 0 Å². The summed E-state index contributed by atoms with van der Waals surface area (Å²) in [5, 5.41) is 4.29. The lowest BCUT2D eigenvalue weighted by Gasteiger charge is -2.19. The molecule has 2 heteroatoms. The van der Waals surface area contributed by atoms with Crippen molar-refractivity contribution in [3.8, 4) is 0 Å². The van der Waals surface area contributed by atoms with E-state index in [1.54, 1.807) is 0 Å². The van der Waals surface area contributed by atoms with Gasteiger partial charge in [-0.15, -0.1) is 6.58 Å². The Morgan fingerprint density at radius 1 is 1.43 bits per heavy atom. The molecule has 0 saturated carbocycles. The van der Waals surface area contributed by atoms with Crippen LogP contribution in [0.5, 0.6) is 0 Å². The van der Waals surface area contributed by atoms with Crippen LogP contribution < -0.4 is 5.32 Å². The maximum absolute atomic E-state index is 3.98. The molecule has 0 aromatic heterocycles. The molecule has 84 valence electrons. The molecular weight excluding hydrogens is 190 g/mol. The van der Waals surface area contributed by atoms with E-state index in [9.17, 15) is 0 Å². The molecule has 0 fully saturated rings. The van der Waals surface area contributed by atoms with E-state index >= 15 is 0 Å². The molecule has 0 aliphatic carbocycles. The highest BCUT2D eigenvalue weighted by molar-refractivity contribution is 7.99. The van der Waals surface area contributed by atoms with Crippen molar-refractivity contribution in [2.75, 3.05) is 12.3 Å². The molecule has 0 radical (unpaired) electrons. The molecular formula is C12H25NS. The van der Waals surface area contributed by atoms with Crippen LogP contribution in [0.4, 0.5) is 0 Å². The molecule has 0 aromatic carbocycles. The zero-order chi connectivity index (χ0) is 11.0. The third kappa shape index (κ3) is 7.45. The summed E-state index contributed by atoms with van der Waals surface area (Å²) in [6, 6.07) is 0.608. The molecule has 2 atom stereocenters. The fourth-order valence-corrected chi connectivity index (χ4v) is 2.33. The van der Waals surface area contributed by atoms with Crippen LogP contribution in [0.1, 0.15) is 40.5 Å². The smallest absolute Gasteiger partial charge is 0.0195 e. The van der Waals surface area contributed by atoms with Crippen molar-refractivity contribution in [3.63, 3.8) is 0 Å². The van der Waals surface area contributed by atoms with Crippen molar-refractivity contribution >= 4 is 11.8 Å². The molecule has 0 saturated heterocycles. The van der Waals surface area contributed by atoms with Crippen molar-refractivity contribution in [1.29, 1.82) is 0 Å². The minimum Gasteiger partial charge on any atom is -0.313 e.